The van der Waals surface area contributed by atoms with Gasteiger partial charge in [-0.25, -0.2) is 14.6 Å². The molecule has 1 fully saturated rings. The van der Waals surface area contributed by atoms with Crippen molar-refractivity contribution in [2.45, 2.75) is 70.5 Å². The fraction of sp³-hybridized carbons (Fsp3) is 0.362. The van der Waals surface area contributed by atoms with E-state index in [0.29, 0.717) is 29.9 Å². The number of aryl methyl sites for hydroxylation is 1. The number of hydrogen-bond acceptors (Lipinski definition) is 10. The molecule has 3 aromatic carbocycles. The predicted octanol–water partition coefficient (Wildman–Crippen LogP) is 9.09. The predicted molar refractivity (Wildman–Crippen MR) is 238 cm³/mol. The summed E-state index contributed by atoms with van der Waals surface area (Å²) in [6.07, 6.45) is 6.68. The van der Waals surface area contributed by atoms with Gasteiger partial charge < -0.3 is 24.2 Å². The van der Waals surface area contributed by atoms with Crippen molar-refractivity contribution in [3.8, 4) is 17.4 Å². The Kier molecular flexibility index (Phi) is 13.2. The van der Waals surface area contributed by atoms with Gasteiger partial charge in [0.25, 0.3) is 0 Å². The number of pyridine rings is 2. The van der Waals surface area contributed by atoms with Crippen LogP contribution in [0.25, 0.3) is 16.7 Å². The summed E-state index contributed by atoms with van der Waals surface area (Å²) < 4.78 is 21.2. The van der Waals surface area contributed by atoms with Crippen LogP contribution in [0.15, 0.2) is 114 Å². The van der Waals surface area contributed by atoms with Crippen molar-refractivity contribution in [2.24, 2.45) is 12.5 Å². The number of nitrogens with one attached hydrogen (secondary N) is 1. The summed E-state index contributed by atoms with van der Waals surface area (Å²) in [6.45, 7) is 7.63. The van der Waals surface area contributed by atoms with E-state index in [2.05, 4.69) is 27.5 Å². The molecule has 1 amide bonds. The third-order valence-corrected chi connectivity index (χ3v) is 12.1. The molecule has 13 heteroatoms. The Hall–Kier alpha value is -5.79. The number of fused-ring (bicyclic) bond motifs is 1. The van der Waals surface area contributed by atoms with Gasteiger partial charge in [-0.1, -0.05) is 72.8 Å². The lowest BCUT2D eigenvalue weighted by atomic mass is 9.75. The monoisotopic (exact) mass is 830 g/mol. The summed E-state index contributed by atoms with van der Waals surface area (Å²) in [5, 5.41) is 13.7. The van der Waals surface area contributed by atoms with Crippen LogP contribution in [-0.4, -0.2) is 61.9 Å². The number of hydrogen-bond donors (Lipinski definition) is 2. The lowest BCUT2D eigenvalue weighted by Crippen LogP contribution is -2.42. The zero-order valence-electron chi connectivity index (χ0n) is 35.0. The highest BCUT2D eigenvalue weighted by molar-refractivity contribution is 7.98. The summed E-state index contributed by atoms with van der Waals surface area (Å²) in [7, 11) is 1.81. The van der Waals surface area contributed by atoms with Crippen LogP contribution in [0.5, 0.6) is 11.8 Å². The minimum atomic E-state index is -0.598. The molecule has 0 aliphatic carbocycles. The standard InChI is InChI=1S/C47H54N6O6S/c1-46(2,3)59-44(55)49-40-21-19-35(29-48-40)39(60-5)23-24-47(32-54)25-27-52(28-26-47)36-17-12-18-37-42(36)51(4)45(56)53(37)38-20-22-41(57-30-33-13-8-6-9-14-33)50-43(38)58-31-34-15-10-7-11-16-34/h6-22,29,39,54H,23-28,30-32H2,1-5H3,(H,48,49,55)/t39-/m0/s1. The number of rotatable bonds is 15. The number of carbonyl (C=O) groups is 1. The minimum absolute atomic E-state index is 0.0990. The number of nitrogens with zero attached hydrogens (tertiary/aromatic N) is 5. The molecule has 6 aromatic rings. The Morgan fingerprint density at radius 3 is 2.18 bits per heavy atom. The molecule has 60 heavy (non-hydrogen) atoms. The zero-order chi connectivity index (χ0) is 42.3. The number of ether oxygens (including phenoxy) is 3. The number of benzene rings is 3. The van der Waals surface area contributed by atoms with Gasteiger partial charge in [-0.2, -0.15) is 16.7 Å². The molecule has 0 saturated carbocycles. The number of thioether (sulfide) groups is 1. The zero-order valence-corrected chi connectivity index (χ0v) is 35.8. The molecule has 1 aliphatic heterocycles. The lowest BCUT2D eigenvalue weighted by molar-refractivity contribution is 0.0635. The fourth-order valence-corrected chi connectivity index (χ4v) is 8.52. The molecule has 0 spiro atoms. The number of carbonyl (C=O) groups excluding carboxylic acids is 1. The van der Waals surface area contributed by atoms with E-state index in [0.717, 1.165) is 72.2 Å². The van der Waals surface area contributed by atoms with E-state index in [9.17, 15) is 14.7 Å². The topological polar surface area (TPSA) is 133 Å². The van der Waals surface area contributed by atoms with Crippen LogP contribution in [0.3, 0.4) is 0 Å². The van der Waals surface area contributed by atoms with Crippen LogP contribution < -0.4 is 25.4 Å². The normalized spacial score (nSPS) is 14.5. The van der Waals surface area contributed by atoms with Crippen LogP contribution in [0.4, 0.5) is 16.3 Å². The quantitative estimate of drug-likeness (QED) is 0.103. The Morgan fingerprint density at radius 2 is 1.57 bits per heavy atom. The Bertz CT molecular complexity index is 2420. The van der Waals surface area contributed by atoms with E-state index in [1.807, 2.05) is 112 Å². The van der Waals surface area contributed by atoms with Crippen molar-refractivity contribution in [3.05, 3.63) is 136 Å². The van der Waals surface area contributed by atoms with Crippen LogP contribution in [0, 0.1) is 5.41 Å². The second-order valence-corrected chi connectivity index (χ2v) is 17.4. The highest BCUT2D eigenvalue weighted by atomic mass is 32.2. The van der Waals surface area contributed by atoms with E-state index in [1.54, 1.807) is 40.1 Å². The molecule has 3 aromatic heterocycles. The molecule has 4 heterocycles. The molecule has 0 radical (unpaired) electrons. The molecule has 1 atom stereocenters. The van der Waals surface area contributed by atoms with E-state index < -0.39 is 11.7 Å². The molecule has 2 N–H and O–H groups in total. The fourth-order valence-electron chi connectivity index (χ4n) is 7.76. The number of amides is 1. The Morgan fingerprint density at radius 1 is 0.883 bits per heavy atom. The van der Waals surface area contributed by atoms with Crippen molar-refractivity contribution < 1.29 is 24.1 Å². The SMILES string of the molecule is CS[C@@H](CCC1(CO)CCN(c2cccc3c2n(C)c(=O)n3-c2ccc(OCc3ccccc3)nc2OCc2ccccc2)CC1)c1ccc(NC(=O)OC(C)(C)C)nc1. The molecule has 1 saturated heterocycles. The smallest absolute Gasteiger partial charge is 0.413 e. The van der Waals surface area contributed by atoms with Crippen LogP contribution in [-0.2, 0) is 25.0 Å². The molecule has 314 valence electrons. The van der Waals surface area contributed by atoms with E-state index in [-0.39, 0.29) is 29.6 Å². The molecule has 12 nitrogen and oxygen atoms in total. The van der Waals surface area contributed by atoms with Crippen molar-refractivity contribution in [3.63, 3.8) is 0 Å². The van der Waals surface area contributed by atoms with Crippen molar-refractivity contribution in [2.75, 3.05) is 36.2 Å². The van der Waals surface area contributed by atoms with Crippen LogP contribution in [0.1, 0.15) is 68.4 Å². The maximum Gasteiger partial charge on any atom is 0.413 e. The van der Waals surface area contributed by atoms with Gasteiger partial charge >= 0.3 is 11.8 Å². The average molecular weight is 831 g/mol. The number of para-hydroxylation sites is 1. The summed E-state index contributed by atoms with van der Waals surface area (Å²) >= 11 is 1.76. The molecule has 7 rings (SSSR count). The van der Waals surface area contributed by atoms with E-state index >= 15 is 0 Å². The average Bonchev–Trinajstić information content (AvgIpc) is 3.51. The van der Waals surface area contributed by atoms with Gasteiger partial charge in [0.1, 0.15) is 30.3 Å². The first-order chi connectivity index (χ1) is 29.0. The second-order valence-electron chi connectivity index (χ2n) is 16.4. The first-order valence-corrected chi connectivity index (χ1v) is 21.6. The second kappa shape index (κ2) is 18.6. The van der Waals surface area contributed by atoms with Gasteiger partial charge in [-0.05, 0) is 99.1 Å². The number of aliphatic hydroxyl groups excluding tert-OH is 1. The first-order valence-electron chi connectivity index (χ1n) is 20.4. The van der Waals surface area contributed by atoms with Gasteiger partial charge in [-0.3, -0.25) is 14.5 Å². The van der Waals surface area contributed by atoms with Crippen LogP contribution in [0.2, 0.25) is 0 Å². The number of aromatic nitrogens is 4. The van der Waals surface area contributed by atoms with Gasteiger partial charge in [0.05, 0.1) is 16.7 Å². The number of aliphatic hydroxyl groups is 1. The maximum atomic E-state index is 14.2. The molecular formula is C47H54N6O6S. The summed E-state index contributed by atoms with van der Waals surface area (Å²) in [4.78, 5) is 38.1. The molecular weight excluding hydrogens is 777 g/mol. The maximum absolute atomic E-state index is 14.2. The van der Waals surface area contributed by atoms with Gasteiger partial charge in [0.15, 0.2) is 0 Å². The number of imidazole rings is 1. The number of anilines is 2. The summed E-state index contributed by atoms with van der Waals surface area (Å²) in [5.74, 6) is 1.12. The Balaban J connectivity index is 1.08. The third-order valence-electron chi connectivity index (χ3n) is 11.1. The van der Waals surface area contributed by atoms with Gasteiger partial charge in [0.2, 0.25) is 11.8 Å². The summed E-state index contributed by atoms with van der Waals surface area (Å²) in [6, 6.07) is 33.2. The van der Waals surface area contributed by atoms with Crippen molar-refractivity contribution in [1.29, 1.82) is 0 Å². The highest BCUT2D eigenvalue weighted by Gasteiger charge is 2.36. The first kappa shape index (κ1) is 42.3. The molecule has 0 bridgehead atoms. The molecule has 0 unspecified atom stereocenters. The Labute approximate surface area is 355 Å². The third kappa shape index (κ3) is 9.97. The largest absolute Gasteiger partial charge is 0.473 e. The van der Waals surface area contributed by atoms with Crippen molar-refractivity contribution >= 4 is 40.4 Å². The van der Waals surface area contributed by atoms with Crippen molar-refractivity contribution in [1.82, 2.24) is 19.1 Å². The van der Waals surface area contributed by atoms with E-state index in [4.69, 9.17) is 19.2 Å². The minimum Gasteiger partial charge on any atom is -0.473 e. The lowest BCUT2D eigenvalue weighted by Gasteiger charge is -2.42. The van der Waals surface area contributed by atoms with Crippen LogP contribution >= 0.6 is 11.8 Å². The van der Waals surface area contributed by atoms with Gasteiger partial charge in [-0.15, -0.1) is 0 Å². The molecule has 1 aliphatic rings. The number of piperidine rings is 1. The highest BCUT2D eigenvalue weighted by Crippen LogP contribution is 2.43. The van der Waals surface area contributed by atoms with Gasteiger partial charge in [0, 0.05) is 44.3 Å². The summed E-state index contributed by atoms with van der Waals surface area (Å²) in [5.41, 5.74) is 5.06. The van der Waals surface area contributed by atoms with E-state index in [1.165, 1.54) is 0 Å².